The van der Waals surface area contributed by atoms with E-state index in [9.17, 15) is 0 Å². The molecule has 0 aliphatic heterocycles. The van der Waals surface area contributed by atoms with E-state index in [0.29, 0.717) is 12.0 Å². The van der Waals surface area contributed by atoms with Crippen LogP contribution in [-0.2, 0) is 6.54 Å². The Morgan fingerprint density at radius 1 is 1.19 bits per heavy atom. The lowest BCUT2D eigenvalue weighted by Crippen LogP contribution is -2.44. The molecule has 1 aliphatic carbocycles. The molecule has 2 heteroatoms. The Morgan fingerprint density at radius 3 is 2.38 bits per heavy atom. The predicted molar refractivity (Wildman–Crippen MR) is 72.2 cm³/mol. The van der Waals surface area contributed by atoms with Crippen molar-refractivity contribution in [3.05, 3.63) is 60.2 Å². The fourth-order valence-corrected chi connectivity index (χ4v) is 2.69. The van der Waals surface area contributed by atoms with E-state index in [2.05, 4.69) is 61.5 Å². The zero-order chi connectivity index (χ0) is 11.7. The van der Waals surface area contributed by atoms with E-state index in [1.165, 1.54) is 5.56 Å². The van der Waals surface area contributed by atoms with Gasteiger partial charge in [-0.1, -0.05) is 63.2 Å². The normalized spacial score (nSPS) is 24.7. The van der Waals surface area contributed by atoms with Gasteiger partial charge in [0.15, 0.2) is 0 Å². The van der Waals surface area contributed by atoms with Crippen molar-refractivity contribution >= 4 is 12.8 Å². The van der Waals surface area contributed by atoms with Gasteiger partial charge in [0.25, 0.3) is 0 Å². The SMILES string of the molecule is C=C1C(=C)[C@@H](N(S)Cc2ccccc2)[C@@H]1C. The summed E-state index contributed by atoms with van der Waals surface area (Å²) >= 11 is 4.56. The van der Waals surface area contributed by atoms with Crippen molar-refractivity contribution in [3.8, 4) is 0 Å². The van der Waals surface area contributed by atoms with E-state index in [-0.39, 0.29) is 0 Å². The van der Waals surface area contributed by atoms with Crippen molar-refractivity contribution in [2.45, 2.75) is 19.5 Å². The van der Waals surface area contributed by atoms with E-state index in [1.807, 2.05) is 6.07 Å². The van der Waals surface area contributed by atoms with E-state index in [0.717, 1.165) is 17.7 Å². The van der Waals surface area contributed by atoms with Gasteiger partial charge in [-0.25, -0.2) is 4.31 Å². The average molecular weight is 231 g/mol. The zero-order valence-electron chi connectivity index (χ0n) is 9.56. The maximum atomic E-state index is 4.56. The van der Waals surface area contributed by atoms with Crippen molar-refractivity contribution in [2.75, 3.05) is 0 Å². The molecular weight excluding hydrogens is 214 g/mol. The quantitative estimate of drug-likeness (QED) is 0.780. The first-order chi connectivity index (χ1) is 7.61. The molecule has 0 N–H and O–H groups in total. The number of thiol groups is 1. The van der Waals surface area contributed by atoms with Gasteiger partial charge in [0.1, 0.15) is 0 Å². The second kappa shape index (κ2) is 4.48. The summed E-state index contributed by atoms with van der Waals surface area (Å²) in [7, 11) is 0. The molecule has 1 fully saturated rings. The minimum atomic E-state index is 0.330. The molecule has 0 saturated heterocycles. The second-order valence-electron chi connectivity index (χ2n) is 4.37. The van der Waals surface area contributed by atoms with Crippen LogP contribution in [0.15, 0.2) is 54.6 Å². The molecule has 0 unspecified atom stereocenters. The van der Waals surface area contributed by atoms with E-state index < -0.39 is 0 Å². The van der Waals surface area contributed by atoms with Crippen LogP contribution in [0.5, 0.6) is 0 Å². The topological polar surface area (TPSA) is 3.24 Å². The Labute approximate surface area is 103 Å². The summed E-state index contributed by atoms with van der Waals surface area (Å²) < 4.78 is 2.05. The number of nitrogens with zero attached hydrogens (tertiary/aromatic N) is 1. The van der Waals surface area contributed by atoms with Crippen LogP contribution in [0.2, 0.25) is 0 Å². The lowest BCUT2D eigenvalue weighted by Gasteiger charge is -2.44. The molecule has 84 valence electrons. The van der Waals surface area contributed by atoms with Gasteiger partial charge in [-0.15, -0.1) is 0 Å². The largest absolute Gasteiger partial charge is 0.241 e. The Bertz CT molecular complexity index is 410. The van der Waals surface area contributed by atoms with Gasteiger partial charge in [-0.05, 0) is 16.7 Å². The van der Waals surface area contributed by atoms with Crippen LogP contribution < -0.4 is 0 Å². The van der Waals surface area contributed by atoms with Gasteiger partial charge >= 0.3 is 0 Å². The van der Waals surface area contributed by atoms with Gasteiger partial charge in [-0.3, -0.25) is 0 Å². The molecule has 0 bridgehead atoms. The summed E-state index contributed by atoms with van der Waals surface area (Å²) in [5.41, 5.74) is 3.56. The van der Waals surface area contributed by atoms with Crippen molar-refractivity contribution in [2.24, 2.45) is 5.92 Å². The third-order valence-electron chi connectivity index (χ3n) is 3.30. The van der Waals surface area contributed by atoms with Crippen molar-refractivity contribution in [3.63, 3.8) is 0 Å². The predicted octanol–water partition coefficient (Wildman–Crippen LogP) is 3.46. The molecule has 1 aliphatic rings. The highest BCUT2D eigenvalue weighted by Crippen LogP contribution is 2.41. The third-order valence-corrected chi connectivity index (χ3v) is 3.69. The molecule has 0 spiro atoms. The van der Waals surface area contributed by atoms with E-state index in [4.69, 9.17) is 0 Å². The first-order valence-corrected chi connectivity index (χ1v) is 5.88. The molecule has 1 nitrogen and oxygen atoms in total. The summed E-state index contributed by atoms with van der Waals surface area (Å²) in [5, 5.41) is 0. The Balaban J connectivity index is 2.02. The highest BCUT2D eigenvalue weighted by molar-refractivity contribution is 7.77. The fraction of sp³-hybridized carbons (Fsp3) is 0.286. The Hall–Kier alpha value is -0.990. The standard InChI is InChI=1S/C14H17NS/c1-10-11(2)14(12(10)3)15(16)9-13-7-5-4-6-8-13/h4-8,12,14,16H,1-2,9H2,3H3/t12-,14-/m1/s1. The van der Waals surface area contributed by atoms with Gasteiger partial charge in [0.05, 0.1) is 6.04 Å². The summed E-state index contributed by atoms with van der Waals surface area (Å²) in [5.74, 6) is 0.466. The molecule has 16 heavy (non-hydrogen) atoms. The molecule has 2 rings (SSSR count). The molecule has 0 aromatic heterocycles. The molecule has 1 aromatic carbocycles. The first-order valence-electron chi connectivity index (χ1n) is 5.48. The minimum Gasteiger partial charge on any atom is -0.241 e. The fourth-order valence-electron chi connectivity index (χ4n) is 2.19. The smallest absolute Gasteiger partial charge is 0.0516 e. The lowest BCUT2D eigenvalue weighted by molar-refractivity contribution is 0.286. The van der Waals surface area contributed by atoms with Crippen LogP contribution in [0.4, 0.5) is 0 Å². The van der Waals surface area contributed by atoms with Crippen LogP contribution >= 0.6 is 12.8 Å². The summed E-state index contributed by atoms with van der Waals surface area (Å²) in [6.07, 6.45) is 0. The number of hydrogen-bond donors (Lipinski definition) is 1. The Morgan fingerprint density at radius 2 is 1.81 bits per heavy atom. The average Bonchev–Trinajstić information content (AvgIpc) is 2.30. The monoisotopic (exact) mass is 231 g/mol. The lowest BCUT2D eigenvalue weighted by atomic mass is 9.72. The maximum Gasteiger partial charge on any atom is 0.0516 e. The molecule has 2 atom stereocenters. The second-order valence-corrected chi connectivity index (χ2v) is 4.88. The summed E-state index contributed by atoms with van der Waals surface area (Å²) in [4.78, 5) is 0. The van der Waals surface area contributed by atoms with Crippen LogP contribution in [-0.4, -0.2) is 10.3 Å². The minimum absolute atomic E-state index is 0.330. The van der Waals surface area contributed by atoms with Crippen molar-refractivity contribution in [1.82, 2.24) is 4.31 Å². The molecular formula is C14H17NS. The number of rotatable bonds is 3. The van der Waals surface area contributed by atoms with E-state index >= 15 is 0 Å². The van der Waals surface area contributed by atoms with Crippen molar-refractivity contribution in [1.29, 1.82) is 0 Å². The van der Waals surface area contributed by atoms with E-state index in [1.54, 1.807) is 0 Å². The highest BCUT2D eigenvalue weighted by Gasteiger charge is 2.38. The van der Waals surface area contributed by atoms with Crippen molar-refractivity contribution < 1.29 is 0 Å². The molecule has 0 amide bonds. The van der Waals surface area contributed by atoms with Crippen LogP contribution in [0, 0.1) is 5.92 Å². The number of hydrogen-bond acceptors (Lipinski definition) is 2. The van der Waals surface area contributed by atoms with Gasteiger partial charge < -0.3 is 0 Å². The highest BCUT2D eigenvalue weighted by atomic mass is 32.1. The molecule has 1 saturated carbocycles. The van der Waals surface area contributed by atoms with Gasteiger partial charge in [0, 0.05) is 12.5 Å². The summed E-state index contributed by atoms with van der Waals surface area (Å²) in [6.45, 7) is 11.1. The molecule has 1 aromatic rings. The Kier molecular flexibility index (Phi) is 3.22. The molecule has 0 radical (unpaired) electrons. The van der Waals surface area contributed by atoms with Crippen LogP contribution in [0.25, 0.3) is 0 Å². The van der Waals surface area contributed by atoms with Gasteiger partial charge in [0.2, 0.25) is 0 Å². The first kappa shape index (κ1) is 11.5. The van der Waals surface area contributed by atoms with Gasteiger partial charge in [-0.2, -0.15) is 0 Å². The third kappa shape index (κ3) is 1.95. The van der Waals surface area contributed by atoms with Crippen LogP contribution in [0.3, 0.4) is 0 Å². The zero-order valence-corrected chi connectivity index (χ0v) is 10.5. The molecule has 0 heterocycles. The summed E-state index contributed by atoms with van der Waals surface area (Å²) in [6, 6.07) is 10.7. The maximum absolute atomic E-state index is 4.56. The number of benzene rings is 1. The van der Waals surface area contributed by atoms with Crippen LogP contribution in [0.1, 0.15) is 12.5 Å².